The third-order valence-corrected chi connectivity index (χ3v) is 6.30. The first-order valence-corrected chi connectivity index (χ1v) is 12.4. The van der Waals surface area contributed by atoms with Gasteiger partial charge in [-0.1, -0.05) is 56.3 Å². The number of carbonyl (C=O) groups is 2. The van der Waals surface area contributed by atoms with Crippen LogP contribution in [-0.2, 0) is 17.8 Å². The van der Waals surface area contributed by atoms with Crippen molar-refractivity contribution in [3.05, 3.63) is 89.5 Å². The highest BCUT2D eigenvalue weighted by Crippen LogP contribution is 2.28. The Morgan fingerprint density at radius 1 is 1.00 bits per heavy atom. The summed E-state index contributed by atoms with van der Waals surface area (Å²) in [7, 11) is 0. The number of anilines is 1. The van der Waals surface area contributed by atoms with E-state index in [1.54, 1.807) is 24.3 Å². The van der Waals surface area contributed by atoms with Gasteiger partial charge in [0, 0.05) is 36.3 Å². The number of fused-ring (bicyclic) bond motifs is 1. The molecule has 1 atom stereocenters. The Balaban J connectivity index is 1.31. The molecule has 2 N–H and O–H groups in total. The van der Waals surface area contributed by atoms with Crippen LogP contribution in [0.15, 0.2) is 72.8 Å². The van der Waals surface area contributed by atoms with E-state index >= 15 is 0 Å². The lowest BCUT2D eigenvalue weighted by molar-refractivity contribution is -0.122. The summed E-state index contributed by atoms with van der Waals surface area (Å²) in [6.45, 7) is 8.01. The molecule has 3 aromatic carbocycles. The van der Waals surface area contributed by atoms with E-state index in [-0.39, 0.29) is 11.8 Å². The maximum atomic E-state index is 12.9. The fraction of sp³-hybridized carbons (Fsp3) is 0.310. The van der Waals surface area contributed by atoms with Crippen LogP contribution in [0.5, 0.6) is 11.5 Å². The van der Waals surface area contributed by atoms with Gasteiger partial charge in [0.25, 0.3) is 11.8 Å². The summed E-state index contributed by atoms with van der Waals surface area (Å²) in [6.07, 6.45) is -0.0587. The number of para-hydroxylation sites is 2. The van der Waals surface area contributed by atoms with Crippen molar-refractivity contribution in [2.24, 2.45) is 0 Å². The molecule has 7 heteroatoms. The summed E-state index contributed by atoms with van der Waals surface area (Å²) in [5.74, 6) is 1.04. The maximum absolute atomic E-state index is 12.9. The van der Waals surface area contributed by atoms with Crippen molar-refractivity contribution in [1.29, 1.82) is 0 Å². The number of carbonyl (C=O) groups excluding carboxylic acids is 2. The molecule has 0 fully saturated rings. The van der Waals surface area contributed by atoms with Crippen molar-refractivity contribution in [1.82, 2.24) is 10.2 Å². The predicted octanol–water partition coefficient (Wildman–Crippen LogP) is 4.28. The third-order valence-electron chi connectivity index (χ3n) is 6.30. The zero-order valence-corrected chi connectivity index (χ0v) is 20.8. The monoisotopic (exact) mass is 487 g/mol. The minimum absolute atomic E-state index is 0.228. The zero-order valence-electron chi connectivity index (χ0n) is 20.8. The molecule has 1 heterocycles. The molecule has 0 spiro atoms. The van der Waals surface area contributed by atoms with Gasteiger partial charge in [-0.05, 0) is 49.0 Å². The van der Waals surface area contributed by atoms with Crippen LogP contribution in [0.2, 0.25) is 0 Å². The highest BCUT2D eigenvalue weighted by molar-refractivity contribution is 5.98. The third kappa shape index (κ3) is 6.43. The first kappa shape index (κ1) is 25.3. The van der Waals surface area contributed by atoms with Gasteiger partial charge in [-0.25, -0.2) is 0 Å². The van der Waals surface area contributed by atoms with Crippen LogP contribution in [0.25, 0.3) is 0 Å². The van der Waals surface area contributed by atoms with Crippen LogP contribution in [0.1, 0.15) is 35.3 Å². The van der Waals surface area contributed by atoms with Gasteiger partial charge in [-0.2, -0.15) is 0 Å². The smallest absolute Gasteiger partial charge is 0.265 e. The lowest BCUT2D eigenvalue weighted by atomic mass is 10.1. The number of hydrogen-bond acceptors (Lipinski definition) is 5. The van der Waals surface area contributed by atoms with E-state index in [9.17, 15) is 9.59 Å². The fourth-order valence-electron chi connectivity index (χ4n) is 4.18. The number of rotatable bonds is 11. The maximum Gasteiger partial charge on any atom is 0.265 e. The van der Waals surface area contributed by atoms with Crippen molar-refractivity contribution in [2.45, 2.75) is 32.9 Å². The summed E-state index contributed by atoms with van der Waals surface area (Å²) < 4.78 is 11.8. The molecule has 0 aliphatic carbocycles. The summed E-state index contributed by atoms with van der Waals surface area (Å²) in [4.78, 5) is 27.9. The van der Waals surface area contributed by atoms with Crippen molar-refractivity contribution in [3.63, 3.8) is 0 Å². The highest BCUT2D eigenvalue weighted by atomic mass is 16.5. The summed E-state index contributed by atoms with van der Waals surface area (Å²) in [5, 5.41) is 5.83. The standard InChI is InChI=1S/C29H33N3O4/c1-3-32(4-2)16-17-35-25-14-7-6-11-23(25)20-30-28(33)22-12-9-13-24(18-22)31-29(34)27-19-21-10-5-8-15-26(21)36-27/h5-15,18,27H,3-4,16-17,19-20H2,1-2H3,(H,30,33)(H,31,34). The van der Waals surface area contributed by atoms with E-state index in [4.69, 9.17) is 9.47 Å². The second-order valence-corrected chi connectivity index (χ2v) is 8.65. The average molecular weight is 488 g/mol. The number of amides is 2. The largest absolute Gasteiger partial charge is 0.492 e. The van der Waals surface area contributed by atoms with Gasteiger partial charge < -0.3 is 25.0 Å². The number of likely N-dealkylation sites (N-methyl/N-ethyl adjacent to an activating group) is 1. The molecule has 0 saturated heterocycles. The van der Waals surface area contributed by atoms with E-state index < -0.39 is 6.10 Å². The Morgan fingerprint density at radius 2 is 1.78 bits per heavy atom. The van der Waals surface area contributed by atoms with Crippen molar-refractivity contribution in [3.8, 4) is 11.5 Å². The van der Waals surface area contributed by atoms with Crippen LogP contribution >= 0.6 is 0 Å². The number of hydrogen-bond donors (Lipinski definition) is 2. The van der Waals surface area contributed by atoms with Gasteiger partial charge in [0.05, 0.1) is 0 Å². The number of benzene rings is 3. The Morgan fingerprint density at radius 3 is 2.58 bits per heavy atom. The van der Waals surface area contributed by atoms with Gasteiger partial charge in [0.15, 0.2) is 6.10 Å². The highest BCUT2D eigenvalue weighted by Gasteiger charge is 2.28. The Labute approximate surface area is 212 Å². The quantitative estimate of drug-likeness (QED) is 0.422. The minimum atomic E-state index is -0.585. The normalized spacial score (nSPS) is 14.1. The Kier molecular flexibility index (Phi) is 8.57. The molecule has 36 heavy (non-hydrogen) atoms. The molecular weight excluding hydrogens is 454 g/mol. The van der Waals surface area contributed by atoms with Crippen LogP contribution in [0, 0.1) is 0 Å². The van der Waals surface area contributed by atoms with Crippen LogP contribution in [0.3, 0.4) is 0 Å². The molecule has 2 amide bonds. The molecule has 1 aliphatic heterocycles. The Bertz CT molecular complexity index is 1170. The summed E-state index contributed by atoms with van der Waals surface area (Å²) in [5.41, 5.74) is 2.94. The molecule has 4 rings (SSSR count). The zero-order chi connectivity index (χ0) is 25.3. The molecule has 0 bridgehead atoms. The second-order valence-electron chi connectivity index (χ2n) is 8.65. The molecule has 0 aromatic heterocycles. The number of ether oxygens (including phenoxy) is 2. The number of nitrogens with zero attached hydrogens (tertiary/aromatic N) is 1. The molecule has 7 nitrogen and oxygen atoms in total. The summed E-state index contributed by atoms with van der Waals surface area (Å²) >= 11 is 0. The first-order chi connectivity index (χ1) is 17.6. The van der Waals surface area contributed by atoms with Crippen LogP contribution in [0.4, 0.5) is 5.69 Å². The lowest BCUT2D eigenvalue weighted by Gasteiger charge is -2.19. The minimum Gasteiger partial charge on any atom is -0.492 e. The van der Waals surface area contributed by atoms with Crippen LogP contribution in [-0.4, -0.2) is 49.1 Å². The van der Waals surface area contributed by atoms with Crippen molar-refractivity contribution in [2.75, 3.05) is 31.6 Å². The average Bonchev–Trinajstić information content (AvgIpc) is 3.35. The van der Waals surface area contributed by atoms with Gasteiger partial charge >= 0.3 is 0 Å². The number of nitrogens with one attached hydrogen (secondary N) is 2. The van der Waals surface area contributed by atoms with Crippen molar-refractivity contribution >= 4 is 17.5 Å². The first-order valence-electron chi connectivity index (χ1n) is 12.4. The topological polar surface area (TPSA) is 79.9 Å². The molecule has 0 radical (unpaired) electrons. The molecular formula is C29H33N3O4. The van der Waals surface area contributed by atoms with Gasteiger partial charge in [0.1, 0.15) is 18.1 Å². The molecule has 1 unspecified atom stereocenters. The van der Waals surface area contributed by atoms with Crippen LogP contribution < -0.4 is 20.1 Å². The van der Waals surface area contributed by atoms with E-state index in [1.165, 1.54) is 0 Å². The predicted molar refractivity (Wildman–Crippen MR) is 141 cm³/mol. The van der Waals surface area contributed by atoms with Crippen molar-refractivity contribution < 1.29 is 19.1 Å². The van der Waals surface area contributed by atoms with E-state index in [0.29, 0.717) is 30.8 Å². The fourth-order valence-corrected chi connectivity index (χ4v) is 4.18. The van der Waals surface area contributed by atoms with Gasteiger partial charge in [0.2, 0.25) is 0 Å². The van der Waals surface area contributed by atoms with Gasteiger partial charge in [-0.15, -0.1) is 0 Å². The van der Waals surface area contributed by atoms with E-state index in [2.05, 4.69) is 29.4 Å². The lowest BCUT2D eigenvalue weighted by Crippen LogP contribution is -2.31. The van der Waals surface area contributed by atoms with E-state index in [1.807, 2.05) is 48.5 Å². The molecule has 188 valence electrons. The van der Waals surface area contributed by atoms with E-state index in [0.717, 1.165) is 42.3 Å². The Hall–Kier alpha value is -3.84. The second kappa shape index (κ2) is 12.2. The molecule has 3 aromatic rings. The molecule has 0 saturated carbocycles. The SMILES string of the molecule is CCN(CC)CCOc1ccccc1CNC(=O)c1cccc(NC(=O)C2Cc3ccccc3O2)c1. The van der Waals surface area contributed by atoms with Gasteiger partial charge in [-0.3, -0.25) is 9.59 Å². The summed E-state index contributed by atoms with van der Waals surface area (Å²) in [6, 6.07) is 22.3. The molecule has 1 aliphatic rings.